The van der Waals surface area contributed by atoms with Crippen LogP contribution < -0.4 is 0 Å². The molecule has 1 aliphatic heterocycles. The van der Waals surface area contributed by atoms with E-state index in [2.05, 4.69) is 37.6 Å². The van der Waals surface area contributed by atoms with Crippen LogP contribution in [0.5, 0.6) is 0 Å². The van der Waals surface area contributed by atoms with Crippen molar-refractivity contribution in [3.05, 3.63) is 35.1 Å². The molecule has 0 radical (unpaired) electrons. The Morgan fingerprint density at radius 3 is 2.73 bits per heavy atom. The Bertz CT molecular complexity index is 354. The van der Waals surface area contributed by atoms with Crippen molar-refractivity contribution in [3.63, 3.8) is 0 Å². The van der Waals surface area contributed by atoms with Gasteiger partial charge >= 0.3 is 0 Å². The highest BCUT2D eigenvalue weighted by Gasteiger charge is 2.09. The van der Waals surface area contributed by atoms with Crippen molar-refractivity contribution >= 4 is 23.7 Å². The maximum absolute atomic E-state index is 4.17. The first-order chi connectivity index (χ1) is 7.03. The third-order valence-corrected chi connectivity index (χ3v) is 2.42. The summed E-state index contributed by atoms with van der Waals surface area (Å²) >= 11 is 1.64. The molecule has 0 fully saturated rings. The summed E-state index contributed by atoms with van der Waals surface area (Å²) in [6, 6.07) is 0. The quantitative estimate of drug-likeness (QED) is 0.513. The van der Waals surface area contributed by atoms with Crippen LogP contribution in [0, 0.1) is 5.41 Å². The summed E-state index contributed by atoms with van der Waals surface area (Å²) < 4.78 is 0. The Morgan fingerprint density at radius 2 is 2.13 bits per heavy atom. The minimum absolute atomic E-state index is 0.0713. The average molecular weight is 220 g/mol. The van der Waals surface area contributed by atoms with Crippen LogP contribution in [-0.4, -0.2) is 11.9 Å². The zero-order chi connectivity index (χ0) is 11.3. The van der Waals surface area contributed by atoms with Crippen LogP contribution in [0.4, 0.5) is 0 Å². The number of nitrogens with zero attached hydrogens (tertiary/aromatic N) is 2. The molecule has 15 heavy (non-hydrogen) atoms. The summed E-state index contributed by atoms with van der Waals surface area (Å²) in [5.41, 5.74) is 0.974. The van der Waals surface area contributed by atoms with E-state index in [1.807, 2.05) is 23.8 Å². The molecule has 0 aromatic carbocycles. The molecule has 0 saturated carbocycles. The summed E-state index contributed by atoms with van der Waals surface area (Å²) in [5.74, 6) is 0. The molecule has 2 nitrogen and oxygen atoms in total. The first kappa shape index (κ1) is 12.0. The molecular weight excluding hydrogens is 204 g/mol. The van der Waals surface area contributed by atoms with E-state index >= 15 is 0 Å². The monoisotopic (exact) mass is 220 g/mol. The van der Waals surface area contributed by atoms with Gasteiger partial charge in [0.05, 0.1) is 0 Å². The molecule has 0 spiro atoms. The zero-order valence-corrected chi connectivity index (χ0v) is 10.2. The largest absolute Gasteiger partial charge is 0.162 e. The van der Waals surface area contributed by atoms with Gasteiger partial charge in [-0.15, -0.1) is 0 Å². The van der Waals surface area contributed by atoms with Crippen LogP contribution in [0.3, 0.4) is 0 Å². The average Bonchev–Trinajstić information content (AvgIpc) is 2.51. The second-order valence-electron chi connectivity index (χ2n) is 4.28. The first-order valence-electron chi connectivity index (χ1n) is 4.81. The van der Waals surface area contributed by atoms with Gasteiger partial charge in [-0.2, -0.15) is 10.2 Å². The number of hydrogen-bond donors (Lipinski definition) is 0. The highest BCUT2D eigenvalue weighted by molar-refractivity contribution is 8.07. The maximum Gasteiger partial charge on any atom is 0.100 e. The highest BCUT2D eigenvalue weighted by atomic mass is 32.2. The molecule has 0 atom stereocenters. The molecule has 80 valence electrons. The van der Waals surface area contributed by atoms with Gasteiger partial charge in [0.25, 0.3) is 0 Å². The fraction of sp³-hybridized carbons (Fsp3) is 0.333. The van der Waals surface area contributed by atoms with Crippen LogP contribution in [0.1, 0.15) is 20.8 Å². The summed E-state index contributed by atoms with van der Waals surface area (Å²) in [6.07, 6.45) is 7.51. The number of rotatable bonds is 2. The lowest BCUT2D eigenvalue weighted by atomic mass is 9.99. The normalized spacial score (nSPS) is 22.1. The van der Waals surface area contributed by atoms with Gasteiger partial charge in [0.15, 0.2) is 0 Å². The van der Waals surface area contributed by atoms with Crippen molar-refractivity contribution in [1.82, 2.24) is 0 Å². The van der Waals surface area contributed by atoms with E-state index in [1.54, 1.807) is 17.8 Å². The molecule has 0 saturated heterocycles. The predicted octanol–water partition coefficient (Wildman–Crippen LogP) is 3.79. The molecule has 0 aromatic rings. The molecule has 1 heterocycles. The van der Waals surface area contributed by atoms with Crippen molar-refractivity contribution in [3.8, 4) is 0 Å². The van der Waals surface area contributed by atoms with E-state index in [9.17, 15) is 0 Å². The van der Waals surface area contributed by atoms with Crippen molar-refractivity contribution in [2.24, 2.45) is 15.6 Å². The van der Waals surface area contributed by atoms with Gasteiger partial charge in [0, 0.05) is 11.1 Å². The third kappa shape index (κ3) is 4.30. The van der Waals surface area contributed by atoms with Crippen LogP contribution in [0.25, 0.3) is 0 Å². The maximum atomic E-state index is 4.17. The number of allylic oxidation sites excluding steroid dienone is 4. The molecule has 1 aliphatic rings. The molecule has 0 aromatic heterocycles. The van der Waals surface area contributed by atoms with Crippen molar-refractivity contribution in [2.75, 3.05) is 0 Å². The Labute approximate surface area is 95.6 Å². The fourth-order valence-electron chi connectivity index (χ4n) is 0.893. The Kier molecular flexibility index (Phi) is 4.09. The van der Waals surface area contributed by atoms with Gasteiger partial charge in [-0.25, -0.2) is 0 Å². The van der Waals surface area contributed by atoms with E-state index in [1.165, 1.54) is 0 Å². The lowest BCUT2D eigenvalue weighted by Crippen LogP contribution is -2.05. The Balaban J connectivity index is 2.75. The topological polar surface area (TPSA) is 24.7 Å². The van der Waals surface area contributed by atoms with Gasteiger partial charge in [-0.05, 0) is 23.0 Å². The van der Waals surface area contributed by atoms with Crippen molar-refractivity contribution in [2.45, 2.75) is 20.8 Å². The second kappa shape index (κ2) is 5.12. The van der Waals surface area contributed by atoms with Crippen molar-refractivity contribution in [1.29, 1.82) is 0 Å². The number of thioether (sulfide) groups is 1. The highest BCUT2D eigenvalue weighted by Crippen LogP contribution is 2.26. The van der Waals surface area contributed by atoms with Gasteiger partial charge < -0.3 is 0 Å². The molecule has 0 unspecified atom stereocenters. The minimum atomic E-state index is 0.0713. The van der Waals surface area contributed by atoms with Gasteiger partial charge in [-0.1, -0.05) is 45.2 Å². The van der Waals surface area contributed by atoms with Crippen molar-refractivity contribution < 1.29 is 0 Å². The lowest BCUT2D eigenvalue weighted by molar-refractivity contribution is 0.605. The number of hydrogen-bond acceptors (Lipinski definition) is 3. The van der Waals surface area contributed by atoms with Gasteiger partial charge in [0.1, 0.15) is 5.71 Å². The Morgan fingerprint density at radius 1 is 1.40 bits per heavy atom. The standard InChI is InChI=1S/C12H16N2S/c1-5-6-11-10(7-8-15-11)14-13-9-12(2,3)4/h5-9H,1H2,2-4H3/b11-6+,13-9+,14-10-. The van der Waals surface area contributed by atoms with E-state index in [4.69, 9.17) is 0 Å². The summed E-state index contributed by atoms with van der Waals surface area (Å²) in [7, 11) is 0. The molecule has 0 N–H and O–H groups in total. The zero-order valence-electron chi connectivity index (χ0n) is 9.40. The molecule has 0 aliphatic carbocycles. The molecular formula is C12H16N2S. The fourth-order valence-corrected chi connectivity index (χ4v) is 1.64. The molecule has 1 rings (SSSR count). The summed E-state index contributed by atoms with van der Waals surface area (Å²) in [6.45, 7) is 9.95. The smallest absolute Gasteiger partial charge is 0.100 e. The minimum Gasteiger partial charge on any atom is -0.162 e. The molecule has 0 amide bonds. The van der Waals surface area contributed by atoms with Crippen LogP contribution in [0.15, 0.2) is 45.3 Å². The molecule has 3 heteroatoms. The van der Waals surface area contributed by atoms with E-state index in [-0.39, 0.29) is 5.41 Å². The first-order valence-corrected chi connectivity index (χ1v) is 5.69. The summed E-state index contributed by atoms with van der Waals surface area (Å²) in [5, 5.41) is 10.3. The Hall–Kier alpha value is -1.09. The van der Waals surface area contributed by atoms with Crippen LogP contribution >= 0.6 is 11.8 Å². The van der Waals surface area contributed by atoms with E-state index in [0.29, 0.717) is 0 Å². The van der Waals surface area contributed by atoms with E-state index < -0.39 is 0 Å². The van der Waals surface area contributed by atoms with Crippen LogP contribution in [-0.2, 0) is 0 Å². The van der Waals surface area contributed by atoms with Crippen LogP contribution in [0.2, 0.25) is 0 Å². The predicted molar refractivity (Wildman–Crippen MR) is 70.4 cm³/mol. The SMILES string of the molecule is C=C/C=C1/SC=C/C1=N/N=C/C(C)(C)C. The second-order valence-corrected chi connectivity index (χ2v) is 5.23. The third-order valence-electron chi connectivity index (χ3n) is 1.55. The molecule has 0 bridgehead atoms. The lowest BCUT2D eigenvalue weighted by Gasteiger charge is -2.08. The van der Waals surface area contributed by atoms with E-state index in [0.717, 1.165) is 10.6 Å². The van der Waals surface area contributed by atoms with Gasteiger partial charge in [-0.3, -0.25) is 0 Å². The summed E-state index contributed by atoms with van der Waals surface area (Å²) in [4.78, 5) is 1.09. The van der Waals surface area contributed by atoms with Gasteiger partial charge in [0.2, 0.25) is 0 Å².